The Balaban J connectivity index is 2.24. The zero-order valence-corrected chi connectivity index (χ0v) is 10.2. The molecular weight excluding hydrogens is 281 g/mol. The molecule has 2 aromatic rings. The maximum atomic E-state index is 11.8. The Kier molecular flexibility index (Phi) is 3.54. The van der Waals surface area contributed by atoms with Crippen LogP contribution in [0, 0.1) is 0 Å². The van der Waals surface area contributed by atoms with Gasteiger partial charge in [0.1, 0.15) is 0 Å². The summed E-state index contributed by atoms with van der Waals surface area (Å²) >= 11 is 11.3. The predicted octanol–water partition coefficient (Wildman–Crippen LogP) is 1.12. The van der Waals surface area contributed by atoms with Crippen LogP contribution in [0.25, 0.3) is 0 Å². The van der Waals surface area contributed by atoms with Crippen molar-refractivity contribution in [3.8, 4) is 0 Å². The van der Waals surface area contributed by atoms with Gasteiger partial charge in [0.25, 0.3) is 11.5 Å². The second-order valence-electron chi connectivity index (χ2n) is 3.13. The number of nitrogens with one attached hydrogen (secondary N) is 2. The molecule has 2 rings (SSSR count). The van der Waals surface area contributed by atoms with Crippen molar-refractivity contribution < 1.29 is 4.79 Å². The third-order valence-corrected chi connectivity index (χ3v) is 2.35. The number of carbonyl (C=O) groups is 1. The van der Waals surface area contributed by atoms with Gasteiger partial charge in [-0.1, -0.05) is 23.2 Å². The average Bonchev–Trinajstić information content (AvgIpc) is 2.35. The molecule has 92 valence electrons. The number of halogens is 2. The summed E-state index contributed by atoms with van der Waals surface area (Å²) in [5, 5.41) is 15.2. The van der Waals surface area contributed by atoms with Crippen molar-refractivity contribution in [2.24, 2.45) is 0 Å². The highest BCUT2D eigenvalue weighted by atomic mass is 35.5. The van der Waals surface area contributed by atoms with Crippen LogP contribution in [0.15, 0.2) is 23.0 Å². The smallest absolute Gasteiger partial charge is 0.264 e. The largest absolute Gasteiger partial charge is 0.305 e. The van der Waals surface area contributed by atoms with Crippen molar-refractivity contribution in [2.45, 2.75) is 0 Å². The van der Waals surface area contributed by atoms with E-state index in [9.17, 15) is 9.59 Å². The van der Waals surface area contributed by atoms with Crippen molar-refractivity contribution in [3.05, 3.63) is 44.4 Å². The van der Waals surface area contributed by atoms with Gasteiger partial charge in [-0.25, -0.2) is 5.10 Å². The van der Waals surface area contributed by atoms with Crippen molar-refractivity contribution in [3.63, 3.8) is 0 Å². The molecule has 9 heteroatoms. The molecule has 0 spiro atoms. The van der Waals surface area contributed by atoms with Crippen LogP contribution < -0.4 is 10.9 Å². The Bertz CT molecular complexity index is 637. The lowest BCUT2D eigenvalue weighted by molar-refractivity contribution is 0.102. The molecule has 0 aliphatic heterocycles. The van der Waals surface area contributed by atoms with E-state index in [1.165, 1.54) is 18.2 Å². The molecule has 0 atom stereocenters. The van der Waals surface area contributed by atoms with Crippen LogP contribution >= 0.6 is 23.2 Å². The predicted molar refractivity (Wildman–Crippen MR) is 64.9 cm³/mol. The van der Waals surface area contributed by atoms with Gasteiger partial charge >= 0.3 is 0 Å². The summed E-state index contributed by atoms with van der Waals surface area (Å²) in [4.78, 5) is 22.6. The lowest BCUT2D eigenvalue weighted by Gasteiger charge is -2.04. The molecular formula is C9H5Cl2N5O2. The first-order valence-electron chi connectivity index (χ1n) is 4.62. The fourth-order valence-electron chi connectivity index (χ4n) is 1.11. The topological polar surface area (TPSA) is 101 Å². The minimum Gasteiger partial charge on any atom is -0.305 e. The summed E-state index contributed by atoms with van der Waals surface area (Å²) in [6.45, 7) is 0. The van der Waals surface area contributed by atoms with Crippen molar-refractivity contribution >= 4 is 34.9 Å². The second-order valence-corrected chi connectivity index (χ2v) is 3.88. The van der Waals surface area contributed by atoms with E-state index < -0.39 is 5.91 Å². The normalized spacial score (nSPS) is 10.1. The summed E-state index contributed by atoms with van der Waals surface area (Å²) in [6.07, 6.45) is 0. The first-order chi connectivity index (χ1) is 8.56. The Morgan fingerprint density at radius 1 is 1.28 bits per heavy atom. The molecule has 0 saturated heterocycles. The first kappa shape index (κ1) is 12.5. The number of rotatable bonds is 2. The van der Waals surface area contributed by atoms with Crippen molar-refractivity contribution in [1.29, 1.82) is 0 Å². The summed E-state index contributed by atoms with van der Waals surface area (Å²) < 4.78 is 0. The highest BCUT2D eigenvalue weighted by molar-refractivity contribution is 6.34. The minimum absolute atomic E-state index is 0.0407. The van der Waals surface area contributed by atoms with Gasteiger partial charge in [-0.05, 0) is 12.1 Å². The van der Waals surface area contributed by atoms with E-state index in [1.54, 1.807) is 0 Å². The van der Waals surface area contributed by atoms with E-state index in [1.807, 2.05) is 0 Å². The molecule has 0 aromatic carbocycles. The third-order valence-electron chi connectivity index (χ3n) is 1.88. The van der Waals surface area contributed by atoms with Crippen LogP contribution in [0.2, 0.25) is 10.3 Å². The molecule has 0 radical (unpaired) electrons. The molecule has 2 aromatic heterocycles. The molecule has 18 heavy (non-hydrogen) atoms. The van der Waals surface area contributed by atoms with E-state index in [0.717, 1.165) is 0 Å². The van der Waals surface area contributed by atoms with Gasteiger partial charge in [-0.3, -0.25) is 9.59 Å². The standard InChI is InChI=1S/C9H5Cl2N5O2/c10-5-3-4(8(11)16-13-5)9(18)12-6-1-2-7(17)15-14-6/h1-3H,(H,15,17)(H,12,14,18). The number of nitrogens with zero attached hydrogens (tertiary/aromatic N) is 3. The summed E-state index contributed by atoms with van der Waals surface area (Å²) in [7, 11) is 0. The maximum Gasteiger partial charge on any atom is 0.264 e. The van der Waals surface area contributed by atoms with Gasteiger partial charge in [-0.15, -0.1) is 10.2 Å². The molecule has 7 nitrogen and oxygen atoms in total. The molecule has 0 unspecified atom stereocenters. The van der Waals surface area contributed by atoms with E-state index >= 15 is 0 Å². The molecule has 0 aliphatic rings. The zero-order valence-electron chi connectivity index (χ0n) is 8.65. The van der Waals surface area contributed by atoms with Crippen LogP contribution in [-0.2, 0) is 0 Å². The number of hydrogen-bond donors (Lipinski definition) is 2. The minimum atomic E-state index is -0.559. The van der Waals surface area contributed by atoms with E-state index in [2.05, 4.69) is 25.7 Å². The van der Waals surface area contributed by atoms with E-state index in [-0.39, 0.29) is 27.2 Å². The molecule has 2 heterocycles. The number of hydrogen-bond acceptors (Lipinski definition) is 5. The van der Waals surface area contributed by atoms with Gasteiger partial charge in [0.05, 0.1) is 5.56 Å². The van der Waals surface area contributed by atoms with Gasteiger partial charge in [0.2, 0.25) is 0 Å². The quantitative estimate of drug-likeness (QED) is 0.861. The zero-order chi connectivity index (χ0) is 13.1. The van der Waals surface area contributed by atoms with Gasteiger partial charge in [0.15, 0.2) is 16.1 Å². The molecule has 2 N–H and O–H groups in total. The number of carbonyl (C=O) groups excluding carboxylic acids is 1. The van der Waals surface area contributed by atoms with Gasteiger partial charge < -0.3 is 5.32 Å². The van der Waals surface area contributed by atoms with Crippen molar-refractivity contribution in [2.75, 3.05) is 5.32 Å². The summed E-state index contributed by atoms with van der Waals surface area (Å²) in [5.74, 6) is -0.389. The lowest BCUT2D eigenvalue weighted by Crippen LogP contribution is -2.16. The Hall–Kier alpha value is -1.99. The first-order valence-corrected chi connectivity index (χ1v) is 5.37. The number of anilines is 1. The maximum absolute atomic E-state index is 11.8. The van der Waals surface area contributed by atoms with Crippen LogP contribution in [0.5, 0.6) is 0 Å². The van der Waals surface area contributed by atoms with Gasteiger partial charge in [-0.2, -0.15) is 5.10 Å². The monoisotopic (exact) mass is 285 g/mol. The number of amides is 1. The number of aromatic amines is 1. The SMILES string of the molecule is O=C(Nc1ccc(=O)[nH]n1)c1cc(Cl)nnc1Cl. The average molecular weight is 286 g/mol. The third kappa shape index (κ3) is 2.82. The fourth-order valence-corrected chi connectivity index (χ4v) is 1.44. The molecule has 1 amide bonds. The molecule has 0 bridgehead atoms. The molecule has 0 saturated carbocycles. The van der Waals surface area contributed by atoms with E-state index in [0.29, 0.717) is 0 Å². The van der Waals surface area contributed by atoms with Crippen molar-refractivity contribution in [1.82, 2.24) is 20.4 Å². The Morgan fingerprint density at radius 3 is 2.72 bits per heavy atom. The second kappa shape index (κ2) is 5.11. The van der Waals surface area contributed by atoms with Crippen LogP contribution in [0.3, 0.4) is 0 Å². The van der Waals surface area contributed by atoms with E-state index in [4.69, 9.17) is 23.2 Å². The molecule has 0 aliphatic carbocycles. The summed E-state index contributed by atoms with van der Waals surface area (Å²) in [5.41, 5.74) is -0.315. The van der Waals surface area contributed by atoms with Crippen LogP contribution in [0.4, 0.5) is 5.82 Å². The number of aromatic nitrogens is 4. The fraction of sp³-hybridized carbons (Fsp3) is 0. The molecule has 0 fully saturated rings. The van der Waals surface area contributed by atoms with Gasteiger partial charge in [0, 0.05) is 6.07 Å². The summed E-state index contributed by atoms with van der Waals surface area (Å²) in [6, 6.07) is 3.85. The highest BCUT2D eigenvalue weighted by Gasteiger charge is 2.13. The highest BCUT2D eigenvalue weighted by Crippen LogP contribution is 2.16. The Morgan fingerprint density at radius 2 is 2.06 bits per heavy atom. The lowest BCUT2D eigenvalue weighted by atomic mass is 10.3. The van der Waals surface area contributed by atoms with Crippen LogP contribution in [0.1, 0.15) is 10.4 Å². The Labute approximate surface area is 110 Å². The number of H-pyrrole nitrogens is 1. The van der Waals surface area contributed by atoms with Crippen LogP contribution in [-0.4, -0.2) is 26.3 Å².